The molecule has 3 nitrogen and oxygen atoms in total. The molecule has 1 atom stereocenters. The molecule has 0 saturated carbocycles. The fraction of sp³-hybridized carbons (Fsp3) is 0.500. The number of carbonyl (C=O) groups is 1. The van der Waals surface area contributed by atoms with Gasteiger partial charge in [0.05, 0.1) is 6.61 Å². The van der Waals surface area contributed by atoms with Crippen molar-refractivity contribution in [3.8, 4) is 0 Å². The molecule has 0 spiro atoms. The molecule has 2 N–H and O–H groups in total. The summed E-state index contributed by atoms with van der Waals surface area (Å²) in [7, 11) is 0. The highest BCUT2D eigenvalue weighted by atomic mass is 32.1. The van der Waals surface area contributed by atoms with Gasteiger partial charge in [0.1, 0.15) is 6.04 Å². The number of hydrogen-bond donors (Lipinski definition) is 1. The van der Waals surface area contributed by atoms with Crippen molar-refractivity contribution in [2.45, 2.75) is 25.8 Å². The molecule has 1 rings (SSSR count). The van der Waals surface area contributed by atoms with Crippen LogP contribution in [0.15, 0.2) is 17.5 Å². The van der Waals surface area contributed by atoms with Gasteiger partial charge in [-0.25, -0.2) is 0 Å². The van der Waals surface area contributed by atoms with E-state index in [4.69, 9.17) is 10.5 Å². The third-order valence-electron chi connectivity index (χ3n) is 1.92. The summed E-state index contributed by atoms with van der Waals surface area (Å²) in [6.45, 7) is 2.29. The molecule has 0 unspecified atom stereocenters. The van der Waals surface area contributed by atoms with Crippen LogP contribution >= 0.6 is 11.3 Å². The highest BCUT2D eigenvalue weighted by Crippen LogP contribution is 2.09. The Bertz CT molecular complexity index is 272. The number of ether oxygens (including phenoxy) is 1. The summed E-state index contributed by atoms with van der Waals surface area (Å²) in [5.41, 5.74) is 5.50. The smallest absolute Gasteiger partial charge is 0.322 e. The predicted octanol–water partition coefficient (Wildman–Crippen LogP) is 1.57. The van der Waals surface area contributed by atoms with Gasteiger partial charge in [-0.05, 0) is 17.9 Å². The molecule has 1 aromatic rings. The van der Waals surface area contributed by atoms with E-state index in [1.807, 2.05) is 24.4 Å². The lowest BCUT2D eigenvalue weighted by Gasteiger charge is -2.08. The Hall–Kier alpha value is -0.870. The molecule has 4 heteroatoms. The van der Waals surface area contributed by atoms with E-state index in [-0.39, 0.29) is 5.97 Å². The SMILES string of the molecule is CC[C@@H](N)C(=O)OCCc1cccs1. The number of nitrogens with two attached hydrogens (primary N) is 1. The minimum absolute atomic E-state index is 0.302. The summed E-state index contributed by atoms with van der Waals surface area (Å²) < 4.78 is 5.01. The summed E-state index contributed by atoms with van der Waals surface area (Å²) in [4.78, 5) is 12.4. The molecule has 0 bridgehead atoms. The van der Waals surface area contributed by atoms with E-state index in [2.05, 4.69) is 0 Å². The van der Waals surface area contributed by atoms with Crippen molar-refractivity contribution in [2.75, 3.05) is 6.61 Å². The zero-order valence-electron chi connectivity index (χ0n) is 8.23. The van der Waals surface area contributed by atoms with Crippen LogP contribution in [0.2, 0.25) is 0 Å². The molecular weight excluding hydrogens is 198 g/mol. The minimum Gasteiger partial charge on any atom is -0.464 e. The largest absolute Gasteiger partial charge is 0.464 e. The van der Waals surface area contributed by atoms with Crippen LogP contribution in [-0.2, 0) is 16.0 Å². The van der Waals surface area contributed by atoms with Crippen molar-refractivity contribution in [2.24, 2.45) is 5.73 Å². The van der Waals surface area contributed by atoms with Gasteiger partial charge in [-0.3, -0.25) is 4.79 Å². The van der Waals surface area contributed by atoms with E-state index in [0.29, 0.717) is 13.0 Å². The first-order valence-corrected chi connectivity index (χ1v) is 5.56. The summed E-state index contributed by atoms with van der Waals surface area (Å²) in [5, 5.41) is 2.01. The van der Waals surface area contributed by atoms with E-state index >= 15 is 0 Å². The normalized spacial score (nSPS) is 12.4. The van der Waals surface area contributed by atoms with Crippen LogP contribution in [0.25, 0.3) is 0 Å². The van der Waals surface area contributed by atoms with Gasteiger partial charge in [0.2, 0.25) is 0 Å². The van der Waals surface area contributed by atoms with E-state index < -0.39 is 6.04 Å². The van der Waals surface area contributed by atoms with Gasteiger partial charge in [0.25, 0.3) is 0 Å². The topological polar surface area (TPSA) is 52.3 Å². The lowest BCUT2D eigenvalue weighted by Crippen LogP contribution is -2.31. The second kappa shape index (κ2) is 5.78. The number of hydrogen-bond acceptors (Lipinski definition) is 4. The predicted molar refractivity (Wildman–Crippen MR) is 57.2 cm³/mol. The first kappa shape index (κ1) is 11.2. The van der Waals surface area contributed by atoms with Crippen LogP contribution in [0, 0.1) is 0 Å². The summed E-state index contributed by atoms with van der Waals surface area (Å²) in [6, 6.07) is 3.54. The standard InChI is InChI=1S/C10H15NO2S/c1-2-9(11)10(12)13-6-5-8-4-3-7-14-8/h3-4,7,9H,2,5-6,11H2,1H3/t9-/m1/s1. The van der Waals surface area contributed by atoms with Crippen molar-refractivity contribution >= 4 is 17.3 Å². The maximum Gasteiger partial charge on any atom is 0.322 e. The zero-order valence-corrected chi connectivity index (χ0v) is 9.05. The summed E-state index contributed by atoms with van der Waals surface area (Å²) in [5.74, 6) is -0.302. The van der Waals surface area contributed by atoms with Crippen LogP contribution in [0.4, 0.5) is 0 Å². The van der Waals surface area contributed by atoms with Crippen molar-refractivity contribution in [3.05, 3.63) is 22.4 Å². The maximum absolute atomic E-state index is 11.2. The third kappa shape index (κ3) is 3.47. The molecule has 0 saturated heterocycles. The van der Waals surface area contributed by atoms with Gasteiger partial charge in [-0.15, -0.1) is 11.3 Å². The molecule has 1 aromatic heterocycles. The third-order valence-corrected chi connectivity index (χ3v) is 2.85. The van der Waals surface area contributed by atoms with E-state index in [9.17, 15) is 4.79 Å². The van der Waals surface area contributed by atoms with Crippen LogP contribution in [0.3, 0.4) is 0 Å². The number of thiophene rings is 1. The fourth-order valence-electron chi connectivity index (χ4n) is 0.981. The van der Waals surface area contributed by atoms with Crippen molar-refractivity contribution < 1.29 is 9.53 Å². The first-order valence-electron chi connectivity index (χ1n) is 4.68. The molecule has 0 amide bonds. The molecule has 14 heavy (non-hydrogen) atoms. The summed E-state index contributed by atoms with van der Waals surface area (Å²) >= 11 is 1.67. The Labute approximate surface area is 87.9 Å². The highest BCUT2D eigenvalue weighted by Gasteiger charge is 2.11. The molecule has 0 radical (unpaired) electrons. The molecule has 0 aromatic carbocycles. The lowest BCUT2D eigenvalue weighted by molar-refractivity contribution is -0.145. The quantitative estimate of drug-likeness (QED) is 0.755. The zero-order chi connectivity index (χ0) is 10.4. The maximum atomic E-state index is 11.2. The molecule has 78 valence electrons. The van der Waals surface area contributed by atoms with Crippen molar-refractivity contribution in [1.29, 1.82) is 0 Å². The van der Waals surface area contributed by atoms with Gasteiger partial charge in [0.15, 0.2) is 0 Å². The Kier molecular flexibility index (Phi) is 4.62. The van der Waals surface area contributed by atoms with E-state index in [1.165, 1.54) is 4.88 Å². The van der Waals surface area contributed by atoms with Crippen molar-refractivity contribution in [1.82, 2.24) is 0 Å². The average molecular weight is 213 g/mol. The van der Waals surface area contributed by atoms with E-state index in [1.54, 1.807) is 11.3 Å². The lowest BCUT2D eigenvalue weighted by atomic mass is 10.2. The Morgan fingerprint density at radius 3 is 3.07 bits per heavy atom. The van der Waals surface area contributed by atoms with Gasteiger partial charge >= 0.3 is 5.97 Å². The molecule has 0 fully saturated rings. The highest BCUT2D eigenvalue weighted by molar-refractivity contribution is 7.09. The van der Waals surface area contributed by atoms with E-state index in [0.717, 1.165) is 6.42 Å². The van der Waals surface area contributed by atoms with Crippen LogP contribution < -0.4 is 5.73 Å². The van der Waals surface area contributed by atoms with Crippen LogP contribution in [0.1, 0.15) is 18.2 Å². The van der Waals surface area contributed by atoms with Crippen LogP contribution in [-0.4, -0.2) is 18.6 Å². The summed E-state index contributed by atoms with van der Waals surface area (Å²) in [6.07, 6.45) is 1.40. The Balaban J connectivity index is 2.18. The Morgan fingerprint density at radius 1 is 1.71 bits per heavy atom. The fourth-order valence-corrected chi connectivity index (χ4v) is 1.67. The second-order valence-corrected chi connectivity index (χ2v) is 4.04. The van der Waals surface area contributed by atoms with Gasteiger partial charge in [-0.1, -0.05) is 13.0 Å². The number of rotatable bonds is 5. The molecule has 1 heterocycles. The monoisotopic (exact) mass is 213 g/mol. The van der Waals surface area contributed by atoms with Crippen LogP contribution in [0.5, 0.6) is 0 Å². The van der Waals surface area contributed by atoms with Gasteiger partial charge in [-0.2, -0.15) is 0 Å². The van der Waals surface area contributed by atoms with Gasteiger partial charge < -0.3 is 10.5 Å². The molecule has 0 aliphatic heterocycles. The number of carbonyl (C=O) groups excluding carboxylic acids is 1. The van der Waals surface area contributed by atoms with Crippen molar-refractivity contribution in [3.63, 3.8) is 0 Å². The molecular formula is C10H15NO2S. The molecule has 0 aliphatic carbocycles. The minimum atomic E-state index is -0.474. The average Bonchev–Trinajstić information content (AvgIpc) is 2.69. The molecule has 0 aliphatic rings. The van der Waals surface area contributed by atoms with Gasteiger partial charge in [0, 0.05) is 11.3 Å². The Morgan fingerprint density at radius 2 is 2.50 bits per heavy atom. The second-order valence-electron chi connectivity index (χ2n) is 3.01. The first-order chi connectivity index (χ1) is 6.74. The number of esters is 1.